The highest BCUT2D eigenvalue weighted by Gasteiger charge is 2.41. The average Bonchev–Trinajstić information content (AvgIpc) is 3.23. The van der Waals surface area contributed by atoms with Crippen LogP contribution in [0.25, 0.3) is 0 Å². The Labute approximate surface area is 138 Å². The van der Waals surface area contributed by atoms with Gasteiger partial charge in [-0.2, -0.15) is 5.26 Å². The van der Waals surface area contributed by atoms with E-state index in [0.29, 0.717) is 16.9 Å². The Hall–Kier alpha value is -2.39. The number of allylic oxidation sites excluding steroid dienone is 2. The maximum absolute atomic E-state index is 12.6. The van der Waals surface area contributed by atoms with Crippen molar-refractivity contribution in [2.75, 3.05) is 18.9 Å². The molecule has 6 heteroatoms. The number of rotatable bonds is 4. The summed E-state index contributed by atoms with van der Waals surface area (Å²) in [6.45, 7) is 6.36. The topological polar surface area (TPSA) is 66.5 Å². The van der Waals surface area contributed by atoms with Gasteiger partial charge in [0.25, 0.3) is 0 Å². The normalized spacial score (nSPS) is 20.3. The molecule has 3 heterocycles. The lowest BCUT2D eigenvalue weighted by Crippen LogP contribution is -2.30. The Morgan fingerprint density at radius 2 is 2.52 bits per heavy atom. The standard InChI is InChI=1S/C17H16N2O3S/c1-3-7-22-17(20)14-11(2)19-6-9-23-16(19)12(10-18)15(14)13-5-4-8-21-13/h3-5,8,15H,1,6-7,9H2,2H3/t15-/m0/s1. The van der Waals surface area contributed by atoms with E-state index in [-0.39, 0.29) is 6.61 Å². The Balaban J connectivity index is 2.13. The molecule has 0 unspecified atom stereocenters. The molecule has 0 bridgehead atoms. The van der Waals surface area contributed by atoms with Gasteiger partial charge in [-0.3, -0.25) is 0 Å². The van der Waals surface area contributed by atoms with Crippen molar-refractivity contribution >= 4 is 17.7 Å². The molecule has 118 valence electrons. The smallest absolute Gasteiger partial charge is 0.337 e. The number of esters is 1. The number of nitrogens with zero attached hydrogens (tertiary/aromatic N) is 2. The number of carbonyl (C=O) groups is 1. The third kappa shape index (κ3) is 2.57. The van der Waals surface area contributed by atoms with E-state index in [9.17, 15) is 10.1 Å². The molecular formula is C17H16N2O3S. The van der Waals surface area contributed by atoms with Gasteiger partial charge in [0.15, 0.2) is 0 Å². The molecule has 0 radical (unpaired) electrons. The number of fused-ring (bicyclic) bond motifs is 1. The van der Waals surface area contributed by atoms with Crippen LogP contribution in [0.5, 0.6) is 0 Å². The number of ether oxygens (including phenoxy) is 1. The van der Waals surface area contributed by atoms with Crippen molar-refractivity contribution in [2.24, 2.45) is 0 Å². The second-order valence-electron chi connectivity index (χ2n) is 5.17. The van der Waals surface area contributed by atoms with Gasteiger partial charge < -0.3 is 14.1 Å². The lowest BCUT2D eigenvalue weighted by molar-refractivity contribution is -0.138. The van der Waals surface area contributed by atoms with Gasteiger partial charge in [0.2, 0.25) is 0 Å². The molecule has 5 nitrogen and oxygen atoms in total. The van der Waals surface area contributed by atoms with Gasteiger partial charge >= 0.3 is 5.97 Å². The van der Waals surface area contributed by atoms with Gasteiger partial charge in [-0.15, -0.1) is 11.8 Å². The minimum absolute atomic E-state index is 0.133. The van der Waals surface area contributed by atoms with Crippen molar-refractivity contribution in [2.45, 2.75) is 12.8 Å². The molecule has 0 aromatic carbocycles. The largest absolute Gasteiger partial charge is 0.468 e. The van der Waals surface area contributed by atoms with Crippen LogP contribution in [-0.2, 0) is 9.53 Å². The summed E-state index contributed by atoms with van der Waals surface area (Å²) in [5.41, 5.74) is 1.82. The Bertz CT molecular complexity index is 740. The van der Waals surface area contributed by atoms with E-state index in [2.05, 4.69) is 12.6 Å². The summed E-state index contributed by atoms with van der Waals surface area (Å²) >= 11 is 1.63. The van der Waals surface area contributed by atoms with Crippen molar-refractivity contribution in [1.29, 1.82) is 5.26 Å². The minimum atomic E-state index is -0.524. The summed E-state index contributed by atoms with van der Waals surface area (Å²) in [6.07, 6.45) is 3.07. The first-order valence-corrected chi connectivity index (χ1v) is 8.24. The van der Waals surface area contributed by atoms with Crippen molar-refractivity contribution in [1.82, 2.24) is 4.90 Å². The number of thioether (sulfide) groups is 1. The monoisotopic (exact) mass is 328 g/mol. The van der Waals surface area contributed by atoms with E-state index < -0.39 is 11.9 Å². The van der Waals surface area contributed by atoms with E-state index in [1.807, 2.05) is 11.8 Å². The molecule has 0 saturated carbocycles. The Morgan fingerprint density at radius 1 is 1.70 bits per heavy atom. The van der Waals surface area contributed by atoms with Crippen LogP contribution in [0.1, 0.15) is 18.6 Å². The fourth-order valence-electron chi connectivity index (χ4n) is 2.91. The molecule has 23 heavy (non-hydrogen) atoms. The zero-order valence-electron chi connectivity index (χ0n) is 12.7. The summed E-state index contributed by atoms with van der Waals surface area (Å²) in [5.74, 6) is 0.500. The highest BCUT2D eigenvalue weighted by Crippen LogP contribution is 2.47. The van der Waals surface area contributed by atoms with Gasteiger partial charge in [0.1, 0.15) is 12.4 Å². The van der Waals surface area contributed by atoms with Crippen LogP contribution in [0.15, 0.2) is 57.3 Å². The van der Waals surface area contributed by atoms with Gasteiger partial charge in [-0.05, 0) is 19.1 Å². The van der Waals surface area contributed by atoms with Gasteiger partial charge in [-0.25, -0.2) is 4.79 Å². The molecule has 1 aromatic heterocycles. The molecule has 2 aliphatic heterocycles. The third-order valence-corrected chi connectivity index (χ3v) is 5.00. The molecule has 1 aromatic rings. The molecule has 0 N–H and O–H groups in total. The highest BCUT2D eigenvalue weighted by atomic mass is 32.2. The molecular weight excluding hydrogens is 312 g/mol. The molecule has 3 rings (SSSR count). The first-order valence-electron chi connectivity index (χ1n) is 7.25. The molecule has 0 aliphatic carbocycles. The Kier molecular flexibility index (Phi) is 4.30. The average molecular weight is 328 g/mol. The van der Waals surface area contributed by atoms with Crippen LogP contribution >= 0.6 is 11.8 Å². The second-order valence-corrected chi connectivity index (χ2v) is 6.25. The second kappa shape index (κ2) is 6.39. The van der Waals surface area contributed by atoms with Crippen molar-refractivity contribution in [3.63, 3.8) is 0 Å². The lowest BCUT2D eigenvalue weighted by atomic mass is 9.85. The first-order chi connectivity index (χ1) is 11.2. The molecule has 0 spiro atoms. The number of furan rings is 1. The van der Waals surface area contributed by atoms with Gasteiger partial charge in [0, 0.05) is 18.0 Å². The van der Waals surface area contributed by atoms with E-state index in [0.717, 1.165) is 23.0 Å². The van der Waals surface area contributed by atoms with Crippen molar-refractivity contribution in [3.05, 3.63) is 58.7 Å². The molecule has 1 atom stereocenters. The van der Waals surface area contributed by atoms with Crippen molar-refractivity contribution in [3.8, 4) is 6.07 Å². The highest BCUT2D eigenvalue weighted by molar-refractivity contribution is 8.03. The van der Waals surface area contributed by atoms with Crippen LogP contribution in [0.4, 0.5) is 0 Å². The fourth-order valence-corrected chi connectivity index (χ4v) is 4.08. The zero-order chi connectivity index (χ0) is 16.4. The van der Waals surface area contributed by atoms with E-state index in [1.165, 1.54) is 6.08 Å². The number of nitriles is 1. The van der Waals surface area contributed by atoms with Crippen LogP contribution in [0.3, 0.4) is 0 Å². The Morgan fingerprint density at radius 3 is 3.17 bits per heavy atom. The van der Waals surface area contributed by atoms with Crippen LogP contribution in [-0.4, -0.2) is 29.8 Å². The first kappa shape index (κ1) is 15.5. The number of carbonyl (C=O) groups excluding carboxylic acids is 1. The van der Waals surface area contributed by atoms with E-state index in [1.54, 1.807) is 30.2 Å². The predicted octanol–water partition coefficient (Wildman–Crippen LogP) is 3.16. The van der Waals surface area contributed by atoms with E-state index in [4.69, 9.17) is 9.15 Å². The van der Waals surface area contributed by atoms with Crippen molar-refractivity contribution < 1.29 is 13.9 Å². The quantitative estimate of drug-likeness (QED) is 0.625. The minimum Gasteiger partial charge on any atom is -0.468 e. The molecule has 2 aliphatic rings. The fraction of sp³-hybridized carbons (Fsp3) is 0.294. The predicted molar refractivity (Wildman–Crippen MR) is 87.1 cm³/mol. The summed E-state index contributed by atoms with van der Waals surface area (Å²) in [6, 6.07) is 5.81. The van der Waals surface area contributed by atoms with Crippen LogP contribution < -0.4 is 0 Å². The van der Waals surface area contributed by atoms with Gasteiger partial charge in [-0.1, -0.05) is 12.7 Å². The van der Waals surface area contributed by atoms with Crippen LogP contribution in [0.2, 0.25) is 0 Å². The maximum atomic E-state index is 12.6. The molecule has 0 amide bonds. The summed E-state index contributed by atoms with van der Waals surface area (Å²) in [5, 5.41) is 10.6. The third-order valence-electron chi connectivity index (χ3n) is 3.90. The van der Waals surface area contributed by atoms with E-state index >= 15 is 0 Å². The summed E-state index contributed by atoms with van der Waals surface area (Å²) in [4.78, 5) is 14.6. The SMILES string of the molecule is C=CCOC(=O)C1=C(C)N2CCSC2=C(C#N)[C@H]1c1ccco1. The maximum Gasteiger partial charge on any atom is 0.337 e. The zero-order valence-corrected chi connectivity index (χ0v) is 13.6. The lowest BCUT2D eigenvalue weighted by Gasteiger charge is -2.32. The van der Waals surface area contributed by atoms with Crippen LogP contribution in [0, 0.1) is 11.3 Å². The molecule has 1 fully saturated rings. The number of hydrogen-bond donors (Lipinski definition) is 0. The summed E-state index contributed by atoms with van der Waals surface area (Å²) < 4.78 is 10.8. The van der Waals surface area contributed by atoms with Gasteiger partial charge in [0.05, 0.1) is 34.4 Å². The number of hydrogen-bond acceptors (Lipinski definition) is 6. The molecule has 1 saturated heterocycles. The summed E-state index contributed by atoms with van der Waals surface area (Å²) in [7, 11) is 0.